The molecule has 0 radical (unpaired) electrons. The van der Waals surface area contributed by atoms with E-state index in [1.807, 2.05) is 66.9 Å². The van der Waals surface area contributed by atoms with Crippen LogP contribution in [-0.2, 0) is 17.8 Å². The Bertz CT molecular complexity index is 1300. The number of methoxy groups -OCH3 is 1. The van der Waals surface area contributed by atoms with Crippen LogP contribution in [0.15, 0.2) is 72.9 Å². The lowest BCUT2D eigenvalue weighted by molar-refractivity contribution is -0.121. The molecule has 0 saturated carbocycles. The molecule has 180 valence electrons. The Morgan fingerprint density at radius 2 is 1.91 bits per heavy atom. The van der Waals surface area contributed by atoms with Crippen LogP contribution in [-0.4, -0.2) is 37.3 Å². The number of H-pyrrole nitrogens is 1. The van der Waals surface area contributed by atoms with Crippen molar-refractivity contribution in [3.05, 3.63) is 84.1 Å². The SMILES string of the molecule is COc1ccc2c(c1)OC(CNC(=O)CCc1c[nH]c3ccc(OCc4ccccc4)cc13)CO2. The summed E-state index contributed by atoms with van der Waals surface area (Å²) in [5.74, 6) is 2.78. The van der Waals surface area contributed by atoms with Crippen LogP contribution >= 0.6 is 0 Å². The quantitative estimate of drug-likeness (QED) is 0.371. The lowest BCUT2D eigenvalue weighted by Crippen LogP contribution is -2.40. The number of aryl methyl sites for hydroxylation is 1. The maximum absolute atomic E-state index is 12.5. The number of benzene rings is 3. The molecule has 35 heavy (non-hydrogen) atoms. The fourth-order valence-corrected chi connectivity index (χ4v) is 4.08. The minimum atomic E-state index is -0.254. The summed E-state index contributed by atoms with van der Waals surface area (Å²) in [6.07, 6.45) is 2.70. The molecule has 7 nitrogen and oxygen atoms in total. The number of hydrogen-bond acceptors (Lipinski definition) is 5. The van der Waals surface area contributed by atoms with Crippen molar-refractivity contribution in [2.45, 2.75) is 25.6 Å². The predicted octanol–water partition coefficient (Wildman–Crippen LogP) is 4.64. The standard InChI is InChI=1S/C28H28N2O5/c1-32-21-9-11-26-27(14-21)35-23(18-34-26)16-30-28(31)12-7-20-15-29-25-10-8-22(13-24(20)25)33-17-19-5-3-2-4-6-19/h2-6,8-11,13-15,23,29H,7,12,16-18H2,1H3,(H,30,31). The Balaban J connectivity index is 1.13. The molecule has 0 aliphatic carbocycles. The number of rotatable bonds is 9. The van der Waals surface area contributed by atoms with Crippen LogP contribution in [0, 0.1) is 0 Å². The summed E-state index contributed by atoms with van der Waals surface area (Å²) in [5, 5.41) is 4.03. The van der Waals surface area contributed by atoms with Crippen LogP contribution in [0.5, 0.6) is 23.0 Å². The summed E-state index contributed by atoms with van der Waals surface area (Å²) in [4.78, 5) is 15.8. The van der Waals surface area contributed by atoms with E-state index in [9.17, 15) is 4.79 Å². The van der Waals surface area contributed by atoms with E-state index in [0.29, 0.717) is 49.8 Å². The van der Waals surface area contributed by atoms with Crippen molar-refractivity contribution in [1.82, 2.24) is 10.3 Å². The van der Waals surface area contributed by atoms with Gasteiger partial charge in [-0.2, -0.15) is 0 Å². The van der Waals surface area contributed by atoms with Gasteiger partial charge in [-0.15, -0.1) is 0 Å². The topological polar surface area (TPSA) is 81.8 Å². The number of ether oxygens (including phenoxy) is 4. The molecule has 7 heteroatoms. The summed E-state index contributed by atoms with van der Waals surface area (Å²) in [5.41, 5.74) is 3.22. The van der Waals surface area contributed by atoms with E-state index in [0.717, 1.165) is 27.8 Å². The van der Waals surface area contributed by atoms with E-state index in [1.165, 1.54) is 0 Å². The third-order valence-electron chi connectivity index (χ3n) is 6.00. The molecule has 2 heterocycles. The third kappa shape index (κ3) is 5.51. The minimum Gasteiger partial charge on any atom is -0.497 e. The van der Waals surface area contributed by atoms with E-state index >= 15 is 0 Å². The van der Waals surface area contributed by atoms with Crippen molar-refractivity contribution >= 4 is 16.8 Å². The summed E-state index contributed by atoms with van der Waals surface area (Å²) >= 11 is 0. The maximum atomic E-state index is 12.5. The van der Waals surface area contributed by atoms with Gasteiger partial charge in [-0.1, -0.05) is 30.3 Å². The highest BCUT2D eigenvalue weighted by atomic mass is 16.6. The monoisotopic (exact) mass is 472 g/mol. The Hall–Kier alpha value is -4.13. The molecule has 1 aromatic heterocycles. The van der Waals surface area contributed by atoms with Crippen LogP contribution in [0.1, 0.15) is 17.5 Å². The van der Waals surface area contributed by atoms with Crippen LogP contribution < -0.4 is 24.3 Å². The van der Waals surface area contributed by atoms with Crippen LogP contribution in [0.2, 0.25) is 0 Å². The van der Waals surface area contributed by atoms with E-state index in [-0.39, 0.29) is 12.0 Å². The van der Waals surface area contributed by atoms with Gasteiger partial charge < -0.3 is 29.2 Å². The lowest BCUT2D eigenvalue weighted by atomic mass is 10.1. The molecular formula is C28H28N2O5. The number of hydrogen-bond donors (Lipinski definition) is 2. The second-order valence-corrected chi connectivity index (χ2v) is 8.46. The molecule has 2 N–H and O–H groups in total. The summed E-state index contributed by atoms with van der Waals surface area (Å²) in [7, 11) is 1.61. The molecule has 1 atom stereocenters. The van der Waals surface area contributed by atoms with Gasteiger partial charge in [0.25, 0.3) is 0 Å². The second-order valence-electron chi connectivity index (χ2n) is 8.46. The molecule has 1 aliphatic rings. The molecule has 1 aliphatic heterocycles. The van der Waals surface area contributed by atoms with Gasteiger partial charge in [0.1, 0.15) is 30.8 Å². The van der Waals surface area contributed by atoms with Gasteiger partial charge >= 0.3 is 0 Å². The van der Waals surface area contributed by atoms with Crippen molar-refractivity contribution in [3.8, 4) is 23.0 Å². The van der Waals surface area contributed by atoms with Crippen molar-refractivity contribution in [2.24, 2.45) is 0 Å². The maximum Gasteiger partial charge on any atom is 0.220 e. The van der Waals surface area contributed by atoms with Gasteiger partial charge in [0.2, 0.25) is 5.91 Å². The van der Waals surface area contributed by atoms with Gasteiger partial charge in [0, 0.05) is 29.6 Å². The van der Waals surface area contributed by atoms with Gasteiger partial charge in [-0.05, 0) is 47.9 Å². The first-order valence-corrected chi connectivity index (χ1v) is 11.7. The summed E-state index contributed by atoms with van der Waals surface area (Å²) < 4.78 is 22.9. The number of nitrogens with one attached hydrogen (secondary N) is 2. The number of aromatic nitrogens is 1. The highest BCUT2D eigenvalue weighted by Crippen LogP contribution is 2.34. The van der Waals surface area contributed by atoms with Crippen LogP contribution in [0.4, 0.5) is 0 Å². The number of fused-ring (bicyclic) bond motifs is 2. The predicted molar refractivity (Wildman–Crippen MR) is 133 cm³/mol. The summed E-state index contributed by atoms with van der Waals surface area (Å²) in [6, 6.07) is 21.5. The zero-order valence-electron chi connectivity index (χ0n) is 19.6. The molecule has 0 saturated heterocycles. The van der Waals surface area contributed by atoms with Gasteiger partial charge in [0.15, 0.2) is 11.5 Å². The molecule has 0 bridgehead atoms. The first-order valence-electron chi connectivity index (χ1n) is 11.7. The molecule has 4 aromatic rings. The highest BCUT2D eigenvalue weighted by molar-refractivity contribution is 5.85. The summed E-state index contributed by atoms with van der Waals surface area (Å²) in [6.45, 7) is 1.27. The molecule has 0 spiro atoms. The second kappa shape index (κ2) is 10.4. The average molecular weight is 473 g/mol. The van der Waals surface area contributed by atoms with E-state index in [1.54, 1.807) is 13.2 Å². The fraction of sp³-hybridized carbons (Fsp3) is 0.250. The first kappa shape index (κ1) is 22.7. The fourth-order valence-electron chi connectivity index (χ4n) is 4.08. The molecule has 3 aromatic carbocycles. The number of amides is 1. The first-order chi connectivity index (χ1) is 17.2. The Labute approximate surface area is 204 Å². The Kier molecular flexibility index (Phi) is 6.75. The minimum absolute atomic E-state index is 0.0316. The molecular weight excluding hydrogens is 444 g/mol. The average Bonchev–Trinajstić information content (AvgIpc) is 3.31. The van der Waals surface area contributed by atoms with Crippen molar-refractivity contribution in [3.63, 3.8) is 0 Å². The number of aromatic amines is 1. The zero-order valence-corrected chi connectivity index (χ0v) is 19.6. The number of carbonyl (C=O) groups is 1. The van der Waals surface area contributed by atoms with E-state index in [2.05, 4.69) is 10.3 Å². The van der Waals surface area contributed by atoms with Crippen molar-refractivity contribution in [1.29, 1.82) is 0 Å². The van der Waals surface area contributed by atoms with Gasteiger partial charge in [-0.3, -0.25) is 4.79 Å². The molecule has 1 unspecified atom stereocenters. The van der Waals surface area contributed by atoms with Crippen molar-refractivity contribution < 1.29 is 23.7 Å². The largest absolute Gasteiger partial charge is 0.497 e. The Morgan fingerprint density at radius 3 is 2.77 bits per heavy atom. The molecule has 1 amide bonds. The lowest BCUT2D eigenvalue weighted by Gasteiger charge is -2.27. The van der Waals surface area contributed by atoms with E-state index in [4.69, 9.17) is 18.9 Å². The Morgan fingerprint density at radius 1 is 1.06 bits per heavy atom. The van der Waals surface area contributed by atoms with Crippen molar-refractivity contribution in [2.75, 3.05) is 20.3 Å². The molecule has 0 fully saturated rings. The molecule has 5 rings (SSSR count). The third-order valence-corrected chi connectivity index (χ3v) is 6.00. The van der Waals surface area contributed by atoms with Crippen LogP contribution in [0.25, 0.3) is 10.9 Å². The van der Waals surface area contributed by atoms with Gasteiger partial charge in [-0.25, -0.2) is 0 Å². The highest BCUT2D eigenvalue weighted by Gasteiger charge is 2.22. The smallest absolute Gasteiger partial charge is 0.220 e. The number of carbonyl (C=O) groups excluding carboxylic acids is 1. The van der Waals surface area contributed by atoms with Gasteiger partial charge in [0.05, 0.1) is 13.7 Å². The normalized spacial score (nSPS) is 14.5. The van der Waals surface area contributed by atoms with Crippen LogP contribution in [0.3, 0.4) is 0 Å². The zero-order chi connectivity index (χ0) is 24.0. The van der Waals surface area contributed by atoms with E-state index < -0.39 is 0 Å².